The molecule has 0 unspecified atom stereocenters. The minimum atomic E-state index is 0.663. The molecular weight excluding hydrogens is 282 g/mol. The molecule has 0 aliphatic heterocycles. The number of aromatic nitrogens is 5. The predicted octanol–water partition coefficient (Wildman–Crippen LogP) is 3.13. The van der Waals surface area contributed by atoms with Crippen LogP contribution in [0.4, 0.5) is 0 Å². The van der Waals surface area contributed by atoms with Crippen LogP contribution in [0.25, 0.3) is 16.6 Å². The number of hydrogen-bond acceptors (Lipinski definition) is 5. The Kier molecular flexibility index (Phi) is 2.82. The first-order chi connectivity index (χ1) is 10.3. The van der Waals surface area contributed by atoms with Crippen LogP contribution in [0.15, 0.2) is 59.1 Å². The summed E-state index contributed by atoms with van der Waals surface area (Å²) in [7, 11) is 0. The summed E-state index contributed by atoms with van der Waals surface area (Å²) in [6.45, 7) is 2.09. The third-order valence-corrected chi connectivity index (χ3v) is 4.14. The van der Waals surface area contributed by atoms with Crippen molar-refractivity contribution in [3.63, 3.8) is 0 Å². The maximum Gasteiger partial charge on any atom is 0.203 e. The fourth-order valence-corrected chi connectivity index (χ4v) is 3.12. The summed E-state index contributed by atoms with van der Waals surface area (Å²) in [5.41, 5.74) is 3.12. The summed E-state index contributed by atoms with van der Waals surface area (Å²) >= 11 is 1.41. The summed E-state index contributed by atoms with van der Waals surface area (Å²) in [6, 6.07) is 12.1. The average molecular weight is 293 g/mol. The lowest BCUT2D eigenvalue weighted by Gasteiger charge is -2.06. The topological polar surface area (TPSA) is 56.0 Å². The van der Waals surface area contributed by atoms with Gasteiger partial charge in [-0.05, 0) is 42.4 Å². The number of fused-ring (bicyclic) bond motifs is 3. The van der Waals surface area contributed by atoms with Crippen molar-refractivity contribution in [3.05, 3.63) is 54.4 Å². The SMILES string of the molecule is Cc1cc2nnc(Sc3ncccn3)n2c2ccccc12. The van der Waals surface area contributed by atoms with Gasteiger partial charge in [0.1, 0.15) is 0 Å². The number of hydrogen-bond donors (Lipinski definition) is 0. The number of rotatable bonds is 2. The molecule has 102 valence electrons. The van der Waals surface area contributed by atoms with E-state index in [0.29, 0.717) is 5.16 Å². The van der Waals surface area contributed by atoms with Crippen molar-refractivity contribution < 1.29 is 0 Å². The van der Waals surface area contributed by atoms with Crippen LogP contribution in [0.5, 0.6) is 0 Å². The summed E-state index contributed by atoms with van der Waals surface area (Å²) < 4.78 is 2.04. The molecule has 3 aromatic heterocycles. The minimum absolute atomic E-state index is 0.663. The first-order valence-corrected chi connectivity index (χ1v) is 7.33. The second-order valence-corrected chi connectivity index (χ2v) is 5.59. The zero-order valence-corrected chi connectivity index (χ0v) is 12.1. The first kappa shape index (κ1) is 12.3. The van der Waals surface area contributed by atoms with Crippen LogP contribution in [0, 0.1) is 6.92 Å². The van der Waals surface area contributed by atoms with Gasteiger partial charge in [0.15, 0.2) is 10.8 Å². The molecular formula is C15H11N5S. The van der Waals surface area contributed by atoms with Crippen molar-refractivity contribution in [3.8, 4) is 0 Å². The van der Waals surface area contributed by atoms with E-state index in [9.17, 15) is 0 Å². The van der Waals surface area contributed by atoms with Crippen LogP contribution < -0.4 is 0 Å². The van der Waals surface area contributed by atoms with E-state index < -0.39 is 0 Å². The van der Waals surface area contributed by atoms with Gasteiger partial charge in [0.25, 0.3) is 0 Å². The van der Waals surface area contributed by atoms with Gasteiger partial charge in [-0.25, -0.2) is 9.97 Å². The Balaban J connectivity index is 1.97. The van der Waals surface area contributed by atoms with Crippen LogP contribution in [-0.4, -0.2) is 24.6 Å². The molecule has 5 nitrogen and oxygen atoms in total. The largest absolute Gasteiger partial charge is 0.270 e. The summed E-state index contributed by atoms with van der Waals surface area (Å²) in [4.78, 5) is 8.46. The molecule has 1 aromatic carbocycles. The molecule has 6 heteroatoms. The highest BCUT2D eigenvalue weighted by Crippen LogP contribution is 2.28. The smallest absolute Gasteiger partial charge is 0.203 e. The Hall–Kier alpha value is -2.47. The second-order valence-electron chi connectivity index (χ2n) is 4.65. The zero-order chi connectivity index (χ0) is 14.2. The van der Waals surface area contributed by atoms with Crippen molar-refractivity contribution in [1.82, 2.24) is 24.6 Å². The van der Waals surface area contributed by atoms with E-state index in [1.165, 1.54) is 22.7 Å². The monoisotopic (exact) mass is 293 g/mol. The molecule has 0 spiro atoms. The number of aryl methyl sites for hydroxylation is 1. The van der Waals surface area contributed by atoms with Gasteiger partial charge in [0, 0.05) is 17.8 Å². The standard InChI is InChI=1S/C15H11N5S/c1-10-9-13-18-19-15(21-14-16-7-4-8-17-14)20(13)12-6-3-2-5-11(10)12/h2-9H,1H3. The molecule has 4 rings (SSSR count). The highest BCUT2D eigenvalue weighted by atomic mass is 32.2. The molecule has 3 heterocycles. The molecule has 0 amide bonds. The van der Waals surface area contributed by atoms with Gasteiger partial charge in [0.05, 0.1) is 5.52 Å². The van der Waals surface area contributed by atoms with Crippen LogP contribution in [0.1, 0.15) is 5.56 Å². The van der Waals surface area contributed by atoms with Crippen molar-refractivity contribution in [2.75, 3.05) is 0 Å². The highest BCUT2D eigenvalue weighted by Gasteiger charge is 2.12. The van der Waals surface area contributed by atoms with E-state index in [1.807, 2.05) is 22.6 Å². The Labute approximate surface area is 125 Å². The van der Waals surface area contributed by atoms with Crippen LogP contribution in [0.2, 0.25) is 0 Å². The molecule has 0 saturated heterocycles. The van der Waals surface area contributed by atoms with E-state index in [0.717, 1.165) is 16.3 Å². The van der Waals surface area contributed by atoms with Gasteiger partial charge in [-0.2, -0.15) is 0 Å². The molecule has 0 bridgehead atoms. The molecule has 0 fully saturated rings. The normalized spacial score (nSPS) is 11.3. The number of para-hydroxylation sites is 1. The van der Waals surface area contributed by atoms with Crippen molar-refractivity contribution in [2.45, 2.75) is 17.2 Å². The molecule has 0 aliphatic carbocycles. The number of nitrogens with zero attached hydrogens (tertiary/aromatic N) is 5. The number of benzene rings is 1. The Morgan fingerprint density at radius 2 is 1.81 bits per heavy atom. The van der Waals surface area contributed by atoms with E-state index in [-0.39, 0.29) is 0 Å². The van der Waals surface area contributed by atoms with Crippen LogP contribution in [-0.2, 0) is 0 Å². The van der Waals surface area contributed by atoms with Crippen molar-refractivity contribution >= 4 is 28.3 Å². The number of pyridine rings is 1. The van der Waals surface area contributed by atoms with Gasteiger partial charge >= 0.3 is 0 Å². The van der Waals surface area contributed by atoms with Gasteiger partial charge < -0.3 is 0 Å². The quantitative estimate of drug-likeness (QED) is 0.531. The molecule has 0 saturated carbocycles. The molecule has 0 aliphatic rings. The highest BCUT2D eigenvalue weighted by molar-refractivity contribution is 7.99. The lowest BCUT2D eigenvalue weighted by Crippen LogP contribution is -1.93. The second kappa shape index (κ2) is 4.82. The van der Waals surface area contributed by atoms with Crippen LogP contribution in [0.3, 0.4) is 0 Å². The first-order valence-electron chi connectivity index (χ1n) is 6.51. The third-order valence-electron chi connectivity index (χ3n) is 3.30. The molecule has 0 radical (unpaired) electrons. The lowest BCUT2D eigenvalue weighted by atomic mass is 10.1. The Morgan fingerprint density at radius 3 is 2.67 bits per heavy atom. The summed E-state index contributed by atoms with van der Waals surface area (Å²) in [5.74, 6) is 0. The van der Waals surface area contributed by atoms with Gasteiger partial charge in [-0.1, -0.05) is 18.2 Å². The maximum atomic E-state index is 4.28. The Morgan fingerprint density at radius 1 is 1.00 bits per heavy atom. The molecule has 21 heavy (non-hydrogen) atoms. The fraction of sp³-hybridized carbons (Fsp3) is 0.0667. The lowest BCUT2D eigenvalue weighted by molar-refractivity contribution is 0.912. The van der Waals surface area contributed by atoms with Gasteiger partial charge in [-0.15, -0.1) is 10.2 Å². The predicted molar refractivity (Wildman–Crippen MR) is 81.4 cm³/mol. The van der Waals surface area contributed by atoms with E-state index >= 15 is 0 Å². The fourth-order valence-electron chi connectivity index (χ4n) is 2.36. The summed E-state index contributed by atoms with van der Waals surface area (Å²) in [5, 5.41) is 11.2. The zero-order valence-electron chi connectivity index (χ0n) is 11.3. The average Bonchev–Trinajstić information content (AvgIpc) is 2.91. The molecule has 0 atom stereocenters. The maximum absolute atomic E-state index is 4.28. The van der Waals surface area contributed by atoms with E-state index in [1.54, 1.807) is 18.5 Å². The van der Waals surface area contributed by atoms with Crippen molar-refractivity contribution in [2.24, 2.45) is 0 Å². The van der Waals surface area contributed by atoms with E-state index in [2.05, 4.69) is 39.2 Å². The van der Waals surface area contributed by atoms with Crippen LogP contribution >= 0.6 is 11.8 Å². The van der Waals surface area contributed by atoms with Gasteiger partial charge in [0.2, 0.25) is 5.16 Å². The third kappa shape index (κ3) is 2.04. The Bertz CT molecular complexity index is 933. The van der Waals surface area contributed by atoms with Crippen molar-refractivity contribution in [1.29, 1.82) is 0 Å². The minimum Gasteiger partial charge on any atom is -0.270 e. The molecule has 4 aromatic rings. The van der Waals surface area contributed by atoms with Gasteiger partial charge in [-0.3, -0.25) is 4.40 Å². The molecule has 0 N–H and O–H groups in total. The van der Waals surface area contributed by atoms with E-state index in [4.69, 9.17) is 0 Å². The summed E-state index contributed by atoms with van der Waals surface area (Å²) in [6.07, 6.45) is 3.45.